The van der Waals surface area contributed by atoms with Crippen LogP contribution in [-0.2, 0) is 4.79 Å². The molecule has 0 unspecified atom stereocenters. The third kappa shape index (κ3) is 5.16. The molecule has 0 aromatic heterocycles. The van der Waals surface area contributed by atoms with Crippen molar-refractivity contribution in [2.45, 2.75) is 58.7 Å². The van der Waals surface area contributed by atoms with E-state index >= 15 is 0 Å². The average molecular weight is 388 g/mol. The fourth-order valence-electron chi connectivity index (χ4n) is 3.29. The van der Waals surface area contributed by atoms with E-state index in [1.165, 1.54) is 12.8 Å². The first-order valence-electron chi connectivity index (χ1n) is 9.43. The van der Waals surface area contributed by atoms with E-state index in [-0.39, 0.29) is 5.91 Å². The van der Waals surface area contributed by atoms with Gasteiger partial charge in [-0.15, -0.1) is 0 Å². The standard InChI is InChI=1S/C22H26ClNO3/c1-14-12-20(13-15(2)21(14)23)26-16(3)22(25)24-17-8-10-19(11-9-17)27-18-6-4-5-7-18/h8-13,16,18H,4-7H2,1-3H3,(H,24,25)/t16-/m0/s1. The van der Waals surface area contributed by atoms with E-state index in [4.69, 9.17) is 21.1 Å². The lowest BCUT2D eigenvalue weighted by Gasteiger charge is -2.17. The van der Waals surface area contributed by atoms with Crippen LogP contribution in [0.15, 0.2) is 36.4 Å². The van der Waals surface area contributed by atoms with Crippen molar-refractivity contribution in [1.29, 1.82) is 0 Å². The van der Waals surface area contributed by atoms with Crippen molar-refractivity contribution in [3.63, 3.8) is 0 Å². The second kappa shape index (κ2) is 8.66. The number of amides is 1. The van der Waals surface area contributed by atoms with Crippen LogP contribution in [0.4, 0.5) is 5.69 Å². The minimum atomic E-state index is -0.626. The topological polar surface area (TPSA) is 47.6 Å². The number of ether oxygens (including phenoxy) is 2. The molecule has 1 aliphatic carbocycles. The molecule has 144 valence electrons. The van der Waals surface area contributed by atoms with Gasteiger partial charge in [0, 0.05) is 10.7 Å². The summed E-state index contributed by atoms with van der Waals surface area (Å²) in [6, 6.07) is 11.2. The van der Waals surface area contributed by atoms with Crippen LogP contribution in [0.5, 0.6) is 11.5 Å². The number of benzene rings is 2. The lowest BCUT2D eigenvalue weighted by molar-refractivity contribution is -0.122. The molecule has 27 heavy (non-hydrogen) atoms. The summed E-state index contributed by atoms with van der Waals surface area (Å²) >= 11 is 6.18. The van der Waals surface area contributed by atoms with Gasteiger partial charge in [0.15, 0.2) is 6.10 Å². The van der Waals surface area contributed by atoms with E-state index in [2.05, 4.69) is 5.32 Å². The summed E-state index contributed by atoms with van der Waals surface area (Å²) in [5.74, 6) is 1.28. The predicted molar refractivity (Wildman–Crippen MR) is 109 cm³/mol. The van der Waals surface area contributed by atoms with Crippen LogP contribution in [0.1, 0.15) is 43.7 Å². The number of anilines is 1. The van der Waals surface area contributed by atoms with Crippen molar-refractivity contribution in [3.05, 3.63) is 52.5 Å². The van der Waals surface area contributed by atoms with Crippen LogP contribution in [0.2, 0.25) is 5.02 Å². The minimum absolute atomic E-state index is 0.204. The van der Waals surface area contributed by atoms with Gasteiger partial charge in [0.05, 0.1) is 6.10 Å². The molecule has 2 aromatic carbocycles. The molecule has 0 bridgehead atoms. The number of halogens is 1. The molecule has 1 saturated carbocycles. The zero-order valence-corrected chi connectivity index (χ0v) is 16.8. The summed E-state index contributed by atoms with van der Waals surface area (Å²) in [5, 5.41) is 3.60. The van der Waals surface area contributed by atoms with Crippen molar-refractivity contribution in [2.75, 3.05) is 5.32 Å². The normalized spacial score (nSPS) is 15.4. The zero-order valence-electron chi connectivity index (χ0n) is 16.0. The monoisotopic (exact) mass is 387 g/mol. The lowest BCUT2D eigenvalue weighted by Crippen LogP contribution is -2.30. The van der Waals surface area contributed by atoms with Crippen molar-refractivity contribution in [2.24, 2.45) is 0 Å². The Morgan fingerprint density at radius 2 is 1.67 bits per heavy atom. The van der Waals surface area contributed by atoms with Gasteiger partial charge in [-0.3, -0.25) is 4.79 Å². The van der Waals surface area contributed by atoms with Crippen molar-refractivity contribution < 1.29 is 14.3 Å². The van der Waals surface area contributed by atoms with E-state index < -0.39 is 6.10 Å². The molecule has 1 atom stereocenters. The van der Waals surface area contributed by atoms with Gasteiger partial charge in [0.25, 0.3) is 5.91 Å². The number of nitrogens with one attached hydrogen (secondary N) is 1. The van der Waals surface area contributed by atoms with Crippen LogP contribution in [0, 0.1) is 13.8 Å². The summed E-state index contributed by atoms with van der Waals surface area (Å²) in [7, 11) is 0. The van der Waals surface area contributed by atoms with Crippen LogP contribution < -0.4 is 14.8 Å². The van der Waals surface area contributed by atoms with Crippen molar-refractivity contribution in [1.82, 2.24) is 0 Å². The highest BCUT2D eigenvalue weighted by atomic mass is 35.5. The maximum absolute atomic E-state index is 12.4. The molecule has 5 heteroatoms. The number of aryl methyl sites for hydroxylation is 2. The van der Waals surface area contributed by atoms with Crippen LogP contribution in [-0.4, -0.2) is 18.1 Å². The van der Waals surface area contributed by atoms with E-state index in [9.17, 15) is 4.79 Å². The molecule has 4 nitrogen and oxygen atoms in total. The van der Waals surface area contributed by atoms with Crippen LogP contribution in [0.25, 0.3) is 0 Å². The smallest absolute Gasteiger partial charge is 0.265 e. The second-order valence-corrected chi connectivity index (χ2v) is 7.55. The van der Waals surface area contributed by atoms with E-state index in [0.29, 0.717) is 11.9 Å². The maximum Gasteiger partial charge on any atom is 0.265 e. The largest absolute Gasteiger partial charge is 0.490 e. The summed E-state index contributed by atoms with van der Waals surface area (Å²) < 4.78 is 11.7. The van der Waals surface area contributed by atoms with Crippen LogP contribution in [0.3, 0.4) is 0 Å². The van der Waals surface area contributed by atoms with E-state index in [1.807, 2.05) is 50.2 Å². The quantitative estimate of drug-likeness (QED) is 0.693. The molecular weight excluding hydrogens is 362 g/mol. The van der Waals surface area contributed by atoms with E-state index in [1.54, 1.807) is 6.92 Å². The number of carbonyl (C=O) groups is 1. The molecule has 3 rings (SSSR count). The highest BCUT2D eigenvalue weighted by Crippen LogP contribution is 2.27. The van der Waals surface area contributed by atoms with Crippen molar-refractivity contribution >= 4 is 23.2 Å². The molecule has 0 heterocycles. The molecule has 0 saturated heterocycles. The Morgan fingerprint density at radius 1 is 1.07 bits per heavy atom. The molecule has 0 radical (unpaired) electrons. The van der Waals surface area contributed by atoms with Gasteiger partial charge in [-0.1, -0.05) is 11.6 Å². The molecule has 2 aromatic rings. The van der Waals surface area contributed by atoms with Gasteiger partial charge in [0.1, 0.15) is 11.5 Å². The Labute approximate surface area is 165 Å². The second-order valence-electron chi connectivity index (χ2n) is 7.17. The van der Waals surface area contributed by atoms with Gasteiger partial charge in [-0.25, -0.2) is 0 Å². The zero-order chi connectivity index (χ0) is 19.4. The van der Waals surface area contributed by atoms with Gasteiger partial charge >= 0.3 is 0 Å². The summed E-state index contributed by atoms with van der Waals surface area (Å²) in [6.07, 6.45) is 4.42. The summed E-state index contributed by atoms with van der Waals surface area (Å²) in [4.78, 5) is 12.4. The van der Waals surface area contributed by atoms with Gasteiger partial charge in [0.2, 0.25) is 0 Å². The van der Waals surface area contributed by atoms with Gasteiger partial charge in [-0.05, 0) is 94.0 Å². The fraction of sp³-hybridized carbons (Fsp3) is 0.409. The Morgan fingerprint density at radius 3 is 2.26 bits per heavy atom. The van der Waals surface area contributed by atoms with Gasteiger partial charge < -0.3 is 14.8 Å². The molecule has 0 spiro atoms. The SMILES string of the molecule is Cc1cc(O[C@@H](C)C(=O)Nc2ccc(OC3CCCC3)cc2)cc(C)c1Cl. The predicted octanol–water partition coefficient (Wildman–Crippen LogP) is 5.68. The lowest BCUT2D eigenvalue weighted by atomic mass is 10.1. The molecule has 1 aliphatic rings. The molecule has 0 aliphatic heterocycles. The molecule has 1 fully saturated rings. The minimum Gasteiger partial charge on any atom is -0.490 e. The third-order valence-corrected chi connectivity index (χ3v) is 5.42. The maximum atomic E-state index is 12.4. The number of hydrogen-bond donors (Lipinski definition) is 1. The first kappa shape index (κ1) is 19.6. The number of rotatable bonds is 6. The molecule has 1 amide bonds. The first-order chi connectivity index (χ1) is 12.9. The summed E-state index contributed by atoms with van der Waals surface area (Å²) in [5.41, 5.74) is 2.58. The summed E-state index contributed by atoms with van der Waals surface area (Å²) in [6.45, 7) is 5.57. The first-order valence-corrected chi connectivity index (χ1v) is 9.81. The number of hydrogen-bond acceptors (Lipinski definition) is 3. The number of carbonyl (C=O) groups excluding carboxylic acids is 1. The average Bonchev–Trinajstić information content (AvgIpc) is 3.14. The van der Waals surface area contributed by atoms with Crippen LogP contribution >= 0.6 is 11.6 Å². The van der Waals surface area contributed by atoms with Crippen molar-refractivity contribution in [3.8, 4) is 11.5 Å². The molecule has 1 N–H and O–H groups in total. The Balaban J connectivity index is 1.56. The Bertz CT molecular complexity index is 775. The highest BCUT2D eigenvalue weighted by molar-refractivity contribution is 6.32. The molecular formula is C22H26ClNO3. The third-order valence-electron chi connectivity index (χ3n) is 4.82. The Kier molecular flexibility index (Phi) is 6.27. The van der Waals surface area contributed by atoms with Gasteiger partial charge in [-0.2, -0.15) is 0 Å². The highest BCUT2D eigenvalue weighted by Gasteiger charge is 2.18. The fourth-order valence-corrected chi connectivity index (χ4v) is 3.40. The van der Waals surface area contributed by atoms with E-state index in [0.717, 1.165) is 40.4 Å². The Hall–Kier alpha value is -2.20.